The van der Waals surface area contributed by atoms with E-state index < -0.39 is 0 Å². The van der Waals surface area contributed by atoms with Crippen molar-refractivity contribution in [1.29, 1.82) is 0 Å². The molecule has 0 N–H and O–H groups in total. The molecule has 2 bridgehead atoms. The van der Waals surface area contributed by atoms with Gasteiger partial charge in [-0.25, -0.2) is 0 Å². The molecule has 0 saturated heterocycles. The predicted molar refractivity (Wildman–Crippen MR) is 109 cm³/mol. The van der Waals surface area contributed by atoms with Gasteiger partial charge in [0.15, 0.2) is 0 Å². The van der Waals surface area contributed by atoms with Crippen molar-refractivity contribution in [2.24, 2.45) is 22.7 Å². The van der Waals surface area contributed by atoms with Crippen LogP contribution in [0.25, 0.3) is 0 Å². The van der Waals surface area contributed by atoms with E-state index in [1.807, 2.05) is 30.3 Å². The Kier molecular flexibility index (Phi) is 5.29. The molecule has 0 aliphatic heterocycles. The summed E-state index contributed by atoms with van der Waals surface area (Å²) in [6, 6.07) is 16.2. The van der Waals surface area contributed by atoms with Crippen LogP contribution in [0.15, 0.2) is 53.4 Å². The number of thiol groups is 1. The Labute approximate surface area is 158 Å². The Morgan fingerprint density at radius 2 is 1.76 bits per heavy atom. The third-order valence-electron chi connectivity index (χ3n) is 6.68. The summed E-state index contributed by atoms with van der Waals surface area (Å²) >= 11 is 4.08. The summed E-state index contributed by atoms with van der Waals surface area (Å²) in [7, 11) is 0. The van der Waals surface area contributed by atoms with Crippen molar-refractivity contribution >= 4 is 12.6 Å². The predicted octanol–water partition coefficient (Wildman–Crippen LogP) is 6.37. The van der Waals surface area contributed by atoms with Gasteiger partial charge in [-0.3, -0.25) is 4.98 Å². The number of rotatable bonds is 2. The van der Waals surface area contributed by atoms with Gasteiger partial charge in [0.05, 0.1) is 0 Å². The lowest BCUT2D eigenvalue weighted by Gasteiger charge is -2.42. The van der Waals surface area contributed by atoms with Gasteiger partial charge >= 0.3 is 0 Å². The summed E-state index contributed by atoms with van der Waals surface area (Å²) in [5.41, 5.74) is 3.51. The molecule has 4 rings (SSSR count). The number of aryl methyl sites for hydroxylation is 1. The quantitative estimate of drug-likeness (QED) is 0.619. The van der Waals surface area contributed by atoms with Crippen LogP contribution in [0.3, 0.4) is 0 Å². The first-order chi connectivity index (χ1) is 11.8. The number of pyridine rings is 1. The maximum Gasteiger partial charge on any atom is 0.0410 e. The smallest absolute Gasteiger partial charge is 0.0410 e. The molecular formula is C23H31NS. The Bertz CT molecular complexity index is 704. The van der Waals surface area contributed by atoms with E-state index in [-0.39, 0.29) is 0 Å². The van der Waals surface area contributed by atoms with Gasteiger partial charge in [-0.1, -0.05) is 45.0 Å². The molecule has 1 heterocycles. The SMILES string of the molecule is Cc1cccc(C[C@H]2C3(C)CCC(C3)C2(C)C)n1.Sc1ccccc1. The minimum atomic E-state index is 0.498. The molecule has 1 nitrogen and oxygen atoms in total. The lowest BCUT2D eigenvalue weighted by molar-refractivity contribution is 0.0739. The van der Waals surface area contributed by atoms with E-state index in [4.69, 9.17) is 4.98 Å². The van der Waals surface area contributed by atoms with Crippen molar-refractivity contribution in [2.45, 2.75) is 58.3 Å². The Morgan fingerprint density at radius 3 is 2.28 bits per heavy atom. The molecule has 0 amide bonds. The highest BCUT2D eigenvalue weighted by Gasteiger charge is 2.58. The number of fused-ring (bicyclic) bond motifs is 2. The molecular weight excluding hydrogens is 322 g/mol. The van der Waals surface area contributed by atoms with Crippen molar-refractivity contribution in [3.8, 4) is 0 Å². The van der Waals surface area contributed by atoms with Crippen molar-refractivity contribution in [3.63, 3.8) is 0 Å². The highest BCUT2D eigenvalue weighted by Crippen LogP contribution is 2.66. The summed E-state index contributed by atoms with van der Waals surface area (Å²) in [4.78, 5) is 5.73. The highest BCUT2D eigenvalue weighted by atomic mass is 32.1. The molecule has 0 spiro atoms. The molecule has 2 saturated carbocycles. The molecule has 2 aromatic rings. The second-order valence-electron chi connectivity index (χ2n) is 8.78. The van der Waals surface area contributed by atoms with E-state index in [1.54, 1.807) is 0 Å². The molecule has 0 radical (unpaired) electrons. The van der Waals surface area contributed by atoms with Gasteiger partial charge in [0.2, 0.25) is 0 Å². The monoisotopic (exact) mass is 353 g/mol. The fraction of sp³-hybridized carbons (Fsp3) is 0.522. The molecule has 2 aliphatic carbocycles. The standard InChI is InChI=1S/C17H25N.C6H6S/c1-12-6-5-7-14(18-12)10-15-16(2,3)13-8-9-17(15,4)11-13;7-6-4-2-1-3-5-6/h5-7,13,15H,8-11H2,1-4H3;1-5,7H/t13?,15-,17?;/m1./s1. The third-order valence-corrected chi connectivity index (χ3v) is 6.98. The molecule has 2 aliphatic rings. The molecule has 1 aromatic carbocycles. The maximum atomic E-state index is 4.72. The highest BCUT2D eigenvalue weighted by molar-refractivity contribution is 7.80. The average Bonchev–Trinajstić information content (AvgIpc) is 3.04. The number of aromatic nitrogens is 1. The molecule has 134 valence electrons. The Morgan fingerprint density at radius 1 is 1.04 bits per heavy atom. The third kappa shape index (κ3) is 3.95. The number of hydrogen-bond donors (Lipinski definition) is 1. The molecule has 25 heavy (non-hydrogen) atoms. The van der Waals surface area contributed by atoms with Crippen molar-refractivity contribution in [1.82, 2.24) is 4.98 Å². The molecule has 1 aromatic heterocycles. The topological polar surface area (TPSA) is 12.9 Å². The van der Waals surface area contributed by atoms with Gasteiger partial charge in [0.25, 0.3) is 0 Å². The van der Waals surface area contributed by atoms with Gasteiger partial charge in [-0.2, -0.15) is 0 Å². The maximum absolute atomic E-state index is 4.72. The van der Waals surface area contributed by atoms with E-state index in [1.165, 1.54) is 31.4 Å². The van der Waals surface area contributed by atoms with E-state index in [9.17, 15) is 0 Å². The van der Waals surface area contributed by atoms with Gasteiger partial charge in [-0.05, 0) is 79.5 Å². The minimum absolute atomic E-state index is 0.498. The Balaban J connectivity index is 0.000000219. The summed E-state index contributed by atoms with van der Waals surface area (Å²) < 4.78 is 0. The van der Waals surface area contributed by atoms with Gasteiger partial charge < -0.3 is 0 Å². The molecule has 2 heteroatoms. The van der Waals surface area contributed by atoms with Gasteiger partial charge in [0, 0.05) is 16.3 Å². The van der Waals surface area contributed by atoms with Crippen LogP contribution in [-0.2, 0) is 6.42 Å². The second kappa shape index (κ2) is 7.15. The van der Waals surface area contributed by atoms with Crippen LogP contribution in [0.1, 0.15) is 51.4 Å². The van der Waals surface area contributed by atoms with Gasteiger partial charge in [0.1, 0.15) is 0 Å². The summed E-state index contributed by atoms with van der Waals surface area (Å²) in [6.07, 6.45) is 5.48. The molecule has 2 fully saturated rings. The number of nitrogens with zero attached hydrogens (tertiary/aromatic N) is 1. The summed E-state index contributed by atoms with van der Waals surface area (Å²) in [5, 5.41) is 0. The molecule has 3 atom stereocenters. The zero-order valence-electron chi connectivity index (χ0n) is 16.0. The lowest BCUT2D eigenvalue weighted by atomic mass is 9.62. The largest absolute Gasteiger partial charge is 0.258 e. The average molecular weight is 354 g/mol. The number of hydrogen-bond acceptors (Lipinski definition) is 2. The van der Waals surface area contributed by atoms with Crippen LogP contribution in [0.4, 0.5) is 0 Å². The second-order valence-corrected chi connectivity index (χ2v) is 9.29. The number of benzene rings is 1. The van der Waals surface area contributed by atoms with E-state index in [0.29, 0.717) is 10.8 Å². The fourth-order valence-electron chi connectivity index (χ4n) is 5.26. The van der Waals surface area contributed by atoms with Crippen molar-refractivity contribution in [3.05, 3.63) is 59.9 Å². The van der Waals surface area contributed by atoms with Crippen LogP contribution in [0.5, 0.6) is 0 Å². The van der Waals surface area contributed by atoms with Crippen molar-refractivity contribution < 1.29 is 0 Å². The van der Waals surface area contributed by atoms with E-state index >= 15 is 0 Å². The van der Waals surface area contributed by atoms with Crippen molar-refractivity contribution in [2.75, 3.05) is 0 Å². The fourth-order valence-corrected chi connectivity index (χ4v) is 5.44. The zero-order valence-corrected chi connectivity index (χ0v) is 16.9. The van der Waals surface area contributed by atoms with Gasteiger partial charge in [-0.15, -0.1) is 12.6 Å². The van der Waals surface area contributed by atoms with Crippen LogP contribution >= 0.6 is 12.6 Å². The first-order valence-electron chi connectivity index (χ1n) is 9.48. The minimum Gasteiger partial charge on any atom is -0.258 e. The van der Waals surface area contributed by atoms with E-state index in [2.05, 4.69) is 58.5 Å². The first-order valence-corrected chi connectivity index (χ1v) is 9.92. The van der Waals surface area contributed by atoms with Crippen LogP contribution in [0, 0.1) is 29.6 Å². The van der Waals surface area contributed by atoms with Crippen LogP contribution in [0.2, 0.25) is 0 Å². The molecule has 2 unspecified atom stereocenters. The van der Waals surface area contributed by atoms with Crippen LogP contribution in [-0.4, -0.2) is 4.98 Å². The first kappa shape index (κ1) is 18.5. The normalized spacial score (nSPS) is 29.2. The van der Waals surface area contributed by atoms with E-state index in [0.717, 1.165) is 22.4 Å². The zero-order chi connectivity index (χ0) is 18.1. The Hall–Kier alpha value is -1.28. The summed E-state index contributed by atoms with van der Waals surface area (Å²) in [5.74, 6) is 1.75. The van der Waals surface area contributed by atoms with Crippen LogP contribution < -0.4 is 0 Å². The summed E-state index contributed by atoms with van der Waals surface area (Å²) in [6.45, 7) is 9.59. The lowest BCUT2D eigenvalue weighted by Crippen LogP contribution is -2.36.